The Hall–Kier alpha value is -3.45. The van der Waals surface area contributed by atoms with Crippen molar-refractivity contribution in [2.45, 2.75) is 4.90 Å². The lowest BCUT2D eigenvalue weighted by molar-refractivity contribution is -0.119. The standard InChI is InChI=1S/C22H19NO5S/c1-29(26,27)18-13-11-17(12-14-18)22(25)28-15-21(24)23-20-10-6-5-9-19(20)16-7-3-2-4-8-16/h2-14H,15H2,1H3,(H,23,24). The molecule has 0 saturated carbocycles. The van der Waals surface area contributed by atoms with Gasteiger partial charge < -0.3 is 10.1 Å². The molecule has 0 bridgehead atoms. The van der Waals surface area contributed by atoms with Crippen LogP contribution < -0.4 is 5.32 Å². The van der Waals surface area contributed by atoms with E-state index in [4.69, 9.17) is 4.74 Å². The van der Waals surface area contributed by atoms with E-state index in [2.05, 4.69) is 5.32 Å². The molecule has 1 amide bonds. The number of hydrogen-bond acceptors (Lipinski definition) is 5. The van der Waals surface area contributed by atoms with Crippen molar-refractivity contribution < 1.29 is 22.7 Å². The van der Waals surface area contributed by atoms with E-state index in [1.54, 1.807) is 12.1 Å². The first kappa shape index (κ1) is 20.3. The molecule has 3 rings (SSSR count). The zero-order valence-corrected chi connectivity index (χ0v) is 16.5. The molecule has 6 nitrogen and oxygen atoms in total. The Morgan fingerprint density at radius 3 is 2.14 bits per heavy atom. The number of benzene rings is 3. The number of hydrogen-bond donors (Lipinski definition) is 1. The van der Waals surface area contributed by atoms with Crippen molar-refractivity contribution in [1.82, 2.24) is 0 Å². The predicted octanol–water partition coefficient (Wildman–Crippen LogP) is 3.55. The molecular formula is C22H19NO5S. The summed E-state index contributed by atoms with van der Waals surface area (Å²) in [7, 11) is -3.35. The molecule has 29 heavy (non-hydrogen) atoms. The highest BCUT2D eigenvalue weighted by Crippen LogP contribution is 2.27. The van der Waals surface area contributed by atoms with Gasteiger partial charge in [0.1, 0.15) is 0 Å². The molecule has 0 aliphatic rings. The van der Waals surface area contributed by atoms with Gasteiger partial charge in [0.05, 0.1) is 10.5 Å². The number of amides is 1. The van der Waals surface area contributed by atoms with Crippen LogP contribution in [0.2, 0.25) is 0 Å². The molecule has 0 heterocycles. The summed E-state index contributed by atoms with van der Waals surface area (Å²) >= 11 is 0. The first-order valence-electron chi connectivity index (χ1n) is 8.76. The minimum Gasteiger partial charge on any atom is -0.452 e. The van der Waals surface area contributed by atoms with E-state index in [-0.39, 0.29) is 10.5 Å². The van der Waals surface area contributed by atoms with Gasteiger partial charge in [0, 0.05) is 17.5 Å². The van der Waals surface area contributed by atoms with Crippen LogP contribution in [0.25, 0.3) is 11.1 Å². The Kier molecular flexibility index (Phi) is 6.09. The number of nitrogens with one attached hydrogen (secondary N) is 1. The van der Waals surface area contributed by atoms with E-state index >= 15 is 0 Å². The molecule has 1 N–H and O–H groups in total. The molecule has 3 aromatic carbocycles. The maximum Gasteiger partial charge on any atom is 0.338 e. The quantitative estimate of drug-likeness (QED) is 0.629. The fraction of sp³-hybridized carbons (Fsp3) is 0.0909. The van der Waals surface area contributed by atoms with Crippen LogP contribution in [-0.4, -0.2) is 33.2 Å². The summed E-state index contributed by atoms with van der Waals surface area (Å²) in [6, 6.07) is 22.3. The number of carbonyl (C=O) groups excluding carboxylic acids is 2. The monoisotopic (exact) mass is 409 g/mol. The second-order valence-corrected chi connectivity index (χ2v) is 8.35. The summed E-state index contributed by atoms with van der Waals surface area (Å²) in [5, 5.41) is 2.75. The lowest BCUT2D eigenvalue weighted by Crippen LogP contribution is -2.21. The van der Waals surface area contributed by atoms with Crippen LogP contribution in [0, 0.1) is 0 Å². The molecule has 0 aromatic heterocycles. The molecule has 0 atom stereocenters. The lowest BCUT2D eigenvalue weighted by Gasteiger charge is -2.11. The summed E-state index contributed by atoms with van der Waals surface area (Å²) in [5.74, 6) is -1.19. The van der Waals surface area contributed by atoms with Crippen molar-refractivity contribution >= 4 is 27.4 Å². The Morgan fingerprint density at radius 1 is 0.862 bits per heavy atom. The largest absolute Gasteiger partial charge is 0.452 e. The molecule has 0 radical (unpaired) electrons. The molecule has 0 aliphatic carbocycles. The summed E-state index contributed by atoms with van der Waals surface area (Å²) in [6.07, 6.45) is 1.08. The molecule has 0 fully saturated rings. The maximum atomic E-state index is 12.2. The van der Waals surface area contributed by atoms with E-state index in [0.717, 1.165) is 17.4 Å². The number of sulfone groups is 1. The zero-order valence-electron chi connectivity index (χ0n) is 15.7. The van der Waals surface area contributed by atoms with Crippen molar-refractivity contribution in [2.75, 3.05) is 18.2 Å². The Morgan fingerprint density at radius 2 is 1.48 bits per heavy atom. The Balaban J connectivity index is 1.63. The summed E-state index contributed by atoms with van der Waals surface area (Å²) in [4.78, 5) is 24.5. The predicted molar refractivity (Wildman–Crippen MR) is 110 cm³/mol. The topological polar surface area (TPSA) is 89.5 Å². The van der Waals surface area contributed by atoms with Gasteiger partial charge in [-0.1, -0.05) is 48.5 Å². The molecule has 3 aromatic rings. The van der Waals surface area contributed by atoms with E-state index in [0.29, 0.717) is 5.69 Å². The second kappa shape index (κ2) is 8.70. The highest BCUT2D eigenvalue weighted by molar-refractivity contribution is 7.90. The van der Waals surface area contributed by atoms with Crippen LogP contribution in [0.3, 0.4) is 0 Å². The van der Waals surface area contributed by atoms with Crippen molar-refractivity contribution in [3.63, 3.8) is 0 Å². The number of ether oxygens (including phenoxy) is 1. The van der Waals surface area contributed by atoms with Gasteiger partial charge in [-0.25, -0.2) is 13.2 Å². The van der Waals surface area contributed by atoms with Gasteiger partial charge in [0.25, 0.3) is 5.91 Å². The van der Waals surface area contributed by atoms with Crippen molar-refractivity contribution in [3.05, 3.63) is 84.4 Å². The SMILES string of the molecule is CS(=O)(=O)c1ccc(C(=O)OCC(=O)Nc2ccccc2-c2ccccc2)cc1. The van der Waals surface area contributed by atoms with Crippen molar-refractivity contribution in [1.29, 1.82) is 0 Å². The van der Waals surface area contributed by atoms with E-state index in [1.807, 2.05) is 42.5 Å². The highest BCUT2D eigenvalue weighted by Gasteiger charge is 2.14. The number of esters is 1. The lowest BCUT2D eigenvalue weighted by atomic mass is 10.0. The maximum absolute atomic E-state index is 12.2. The summed E-state index contributed by atoms with van der Waals surface area (Å²) < 4.78 is 28.0. The minimum atomic E-state index is -3.35. The molecule has 0 spiro atoms. The third-order valence-electron chi connectivity index (χ3n) is 4.14. The third-order valence-corrected chi connectivity index (χ3v) is 5.27. The van der Waals surface area contributed by atoms with Crippen molar-refractivity contribution in [3.8, 4) is 11.1 Å². The van der Waals surface area contributed by atoms with Gasteiger partial charge in [0.15, 0.2) is 16.4 Å². The molecule has 0 unspecified atom stereocenters. The van der Waals surface area contributed by atoms with Gasteiger partial charge in [-0.15, -0.1) is 0 Å². The second-order valence-electron chi connectivity index (χ2n) is 6.33. The van der Waals surface area contributed by atoms with Gasteiger partial charge in [-0.2, -0.15) is 0 Å². The van der Waals surface area contributed by atoms with Gasteiger partial charge in [0.2, 0.25) is 0 Å². The van der Waals surface area contributed by atoms with Crippen LogP contribution in [0.1, 0.15) is 10.4 Å². The minimum absolute atomic E-state index is 0.101. The van der Waals surface area contributed by atoms with E-state index in [1.165, 1.54) is 24.3 Å². The molecule has 0 saturated heterocycles. The average Bonchev–Trinajstić information content (AvgIpc) is 2.72. The smallest absolute Gasteiger partial charge is 0.338 e. The summed E-state index contributed by atoms with van der Waals surface area (Å²) in [5.41, 5.74) is 2.57. The molecule has 148 valence electrons. The van der Waals surface area contributed by atoms with E-state index in [9.17, 15) is 18.0 Å². The number of para-hydroxylation sites is 1. The van der Waals surface area contributed by atoms with Gasteiger partial charge in [-0.05, 0) is 35.9 Å². The van der Waals surface area contributed by atoms with Crippen molar-refractivity contribution in [2.24, 2.45) is 0 Å². The average molecular weight is 409 g/mol. The van der Waals surface area contributed by atoms with Gasteiger partial charge in [-0.3, -0.25) is 4.79 Å². The molecule has 0 aliphatic heterocycles. The number of rotatable bonds is 6. The first-order chi connectivity index (χ1) is 13.8. The van der Waals surface area contributed by atoms with Crippen LogP contribution in [0.5, 0.6) is 0 Å². The first-order valence-corrected chi connectivity index (χ1v) is 10.7. The van der Waals surface area contributed by atoms with Gasteiger partial charge >= 0.3 is 5.97 Å². The third kappa shape index (κ3) is 5.30. The van der Waals surface area contributed by atoms with Crippen LogP contribution in [-0.2, 0) is 19.4 Å². The number of anilines is 1. The summed E-state index contributed by atoms with van der Waals surface area (Å²) in [6.45, 7) is -0.463. The van der Waals surface area contributed by atoms with Crippen LogP contribution in [0.15, 0.2) is 83.8 Å². The Bertz CT molecular complexity index is 1120. The van der Waals surface area contributed by atoms with E-state index < -0.39 is 28.3 Å². The number of carbonyl (C=O) groups is 2. The van der Waals surface area contributed by atoms with Crippen LogP contribution in [0.4, 0.5) is 5.69 Å². The fourth-order valence-electron chi connectivity index (χ4n) is 2.70. The van der Waals surface area contributed by atoms with Crippen LogP contribution >= 0.6 is 0 Å². The molecular weight excluding hydrogens is 390 g/mol. The fourth-order valence-corrected chi connectivity index (χ4v) is 3.33. The highest BCUT2D eigenvalue weighted by atomic mass is 32.2. The Labute approximate surface area is 169 Å². The zero-order chi connectivity index (χ0) is 20.9. The molecule has 7 heteroatoms. The normalized spacial score (nSPS) is 10.9.